The van der Waals surface area contributed by atoms with Gasteiger partial charge >= 0.3 is 0 Å². The number of carbonyl (C=O) groups is 1. The van der Waals surface area contributed by atoms with Gasteiger partial charge in [0.15, 0.2) is 11.5 Å². The number of methoxy groups -OCH3 is 2. The van der Waals surface area contributed by atoms with E-state index < -0.39 is 10.7 Å². The normalized spacial score (nSPS) is 10.7. The van der Waals surface area contributed by atoms with E-state index in [1.54, 1.807) is 36.4 Å². The second-order valence-electron chi connectivity index (χ2n) is 4.89. The minimum Gasteiger partial charge on any atom is -0.493 e. The second-order valence-corrected chi connectivity index (χ2v) is 4.89. The van der Waals surface area contributed by atoms with E-state index in [0.29, 0.717) is 5.56 Å². The van der Waals surface area contributed by atoms with Gasteiger partial charge in [0.1, 0.15) is 11.6 Å². The third-order valence-electron chi connectivity index (χ3n) is 3.43. The maximum Gasteiger partial charge on any atom is 0.280 e. The van der Waals surface area contributed by atoms with Crippen LogP contribution in [0.1, 0.15) is 15.9 Å². The highest BCUT2D eigenvalue weighted by molar-refractivity contribution is 6.14. The Balaban J connectivity index is 2.59. The molecule has 2 aromatic carbocycles. The zero-order chi connectivity index (χ0) is 18.4. The van der Waals surface area contributed by atoms with Crippen LogP contribution in [0.25, 0.3) is 6.08 Å². The standard InChI is InChI=1S/C18H14N2O5/c1-24-16-9-13(15(20(22)23)10-17(16)25-2)8-14(11-19)18(21)12-6-4-3-5-7-12/h3-10H,1-2H3/b14-8+. The number of rotatable bonds is 6. The van der Waals surface area contributed by atoms with E-state index in [0.717, 1.165) is 0 Å². The number of hydrogen-bond donors (Lipinski definition) is 0. The maximum absolute atomic E-state index is 12.4. The lowest BCUT2D eigenvalue weighted by molar-refractivity contribution is -0.385. The van der Waals surface area contributed by atoms with Crippen molar-refractivity contribution in [1.82, 2.24) is 0 Å². The number of allylic oxidation sites excluding steroid dienone is 1. The van der Waals surface area contributed by atoms with Crippen LogP contribution >= 0.6 is 0 Å². The molecule has 0 unspecified atom stereocenters. The fourth-order valence-corrected chi connectivity index (χ4v) is 2.21. The molecule has 2 aromatic rings. The Morgan fingerprint density at radius 3 is 2.28 bits per heavy atom. The lowest BCUT2D eigenvalue weighted by atomic mass is 10.0. The molecule has 0 aliphatic heterocycles. The molecule has 0 saturated heterocycles. The highest BCUT2D eigenvalue weighted by atomic mass is 16.6. The number of carbonyl (C=O) groups excluding carboxylic acids is 1. The van der Waals surface area contributed by atoms with Crippen LogP contribution in [0.2, 0.25) is 0 Å². The third kappa shape index (κ3) is 3.82. The first kappa shape index (κ1) is 17.7. The molecule has 0 radical (unpaired) electrons. The Morgan fingerprint density at radius 1 is 1.16 bits per heavy atom. The van der Waals surface area contributed by atoms with Crippen LogP contribution in [0.3, 0.4) is 0 Å². The largest absolute Gasteiger partial charge is 0.493 e. The average Bonchev–Trinajstić information content (AvgIpc) is 2.65. The molecule has 0 amide bonds. The molecule has 0 heterocycles. The van der Waals surface area contributed by atoms with Gasteiger partial charge in [0.25, 0.3) is 5.69 Å². The number of nitro groups is 1. The third-order valence-corrected chi connectivity index (χ3v) is 3.43. The Bertz CT molecular complexity index is 882. The van der Waals surface area contributed by atoms with Crippen molar-refractivity contribution in [2.24, 2.45) is 0 Å². The SMILES string of the molecule is COc1cc(/C=C(\C#N)C(=O)c2ccccc2)c([N+](=O)[O-])cc1OC. The molecule has 0 fully saturated rings. The number of nitro benzene ring substituents is 1. The molecule has 7 nitrogen and oxygen atoms in total. The Morgan fingerprint density at radius 2 is 1.76 bits per heavy atom. The number of nitrogens with zero attached hydrogens (tertiary/aromatic N) is 2. The van der Waals surface area contributed by atoms with Crippen molar-refractivity contribution in [3.63, 3.8) is 0 Å². The monoisotopic (exact) mass is 338 g/mol. The minimum absolute atomic E-state index is 0.0727. The smallest absolute Gasteiger partial charge is 0.280 e. The summed E-state index contributed by atoms with van der Waals surface area (Å²) in [5.74, 6) is -0.0878. The van der Waals surface area contributed by atoms with E-state index in [1.807, 2.05) is 0 Å². The van der Waals surface area contributed by atoms with Gasteiger partial charge in [0, 0.05) is 5.56 Å². The van der Waals surface area contributed by atoms with Crippen LogP contribution in [0.15, 0.2) is 48.0 Å². The Hall–Kier alpha value is -3.66. The van der Waals surface area contributed by atoms with E-state index in [4.69, 9.17) is 9.47 Å². The molecule has 0 atom stereocenters. The molecule has 0 spiro atoms. The van der Waals surface area contributed by atoms with Crippen molar-refractivity contribution < 1.29 is 19.2 Å². The molecule has 126 valence electrons. The topological polar surface area (TPSA) is 102 Å². The van der Waals surface area contributed by atoms with Crippen molar-refractivity contribution in [2.75, 3.05) is 14.2 Å². The van der Waals surface area contributed by atoms with Crippen LogP contribution < -0.4 is 9.47 Å². The first-order valence-corrected chi connectivity index (χ1v) is 7.13. The van der Waals surface area contributed by atoms with Gasteiger partial charge < -0.3 is 9.47 Å². The summed E-state index contributed by atoms with van der Waals surface area (Å²) in [6.07, 6.45) is 1.18. The summed E-state index contributed by atoms with van der Waals surface area (Å²) in [4.78, 5) is 23.1. The fraction of sp³-hybridized carbons (Fsp3) is 0.111. The number of benzene rings is 2. The zero-order valence-corrected chi connectivity index (χ0v) is 13.6. The maximum atomic E-state index is 12.4. The molecular weight excluding hydrogens is 324 g/mol. The van der Waals surface area contributed by atoms with Gasteiger partial charge in [-0.15, -0.1) is 0 Å². The predicted molar refractivity (Wildman–Crippen MR) is 90.6 cm³/mol. The van der Waals surface area contributed by atoms with Gasteiger partial charge in [0.2, 0.25) is 5.78 Å². The van der Waals surface area contributed by atoms with Crippen molar-refractivity contribution in [2.45, 2.75) is 0 Å². The number of ketones is 1. The fourth-order valence-electron chi connectivity index (χ4n) is 2.21. The van der Waals surface area contributed by atoms with Gasteiger partial charge in [0.05, 0.1) is 30.8 Å². The molecule has 7 heteroatoms. The quantitative estimate of drug-likeness (QED) is 0.263. The molecule has 0 saturated carbocycles. The molecule has 0 bridgehead atoms. The minimum atomic E-state index is -0.615. The van der Waals surface area contributed by atoms with E-state index in [9.17, 15) is 20.2 Å². The van der Waals surface area contributed by atoms with Crippen molar-refractivity contribution in [3.8, 4) is 17.6 Å². The summed E-state index contributed by atoms with van der Waals surface area (Å²) in [7, 11) is 2.74. The Kier molecular flexibility index (Phi) is 5.48. The molecular formula is C18H14N2O5. The van der Waals surface area contributed by atoms with Gasteiger partial charge in [-0.2, -0.15) is 5.26 Å². The van der Waals surface area contributed by atoms with Crippen molar-refractivity contribution >= 4 is 17.5 Å². The second kappa shape index (κ2) is 7.75. The predicted octanol–water partition coefficient (Wildman–Crippen LogP) is 3.40. The number of nitriles is 1. The number of hydrogen-bond acceptors (Lipinski definition) is 6. The van der Waals surface area contributed by atoms with Crippen LogP contribution in [0, 0.1) is 21.4 Å². The summed E-state index contributed by atoms with van der Waals surface area (Å²) in [5, 5.41) is 20.6. The first-order chi connectivity index (χ1) is 12.0. The summed E-state index contributed by atoms with van der Waals surface area (Å²) in [6, 6.07) is 12.5. The molecule has 2 rings (SSSR count). The molecule has 0 aromatic heterocycles. The number of ether oxygens (including phenoxy) is 2. The van der Waals surface area contributed by atoms with Crippen molar-refractivity contribution in [3.05, 3.63) is 69.3 Å². The van der Waals surface area contributed by atoms with Gasteiger partial charge in [-0.3, -0.25) is 14.9 Å². The summed E-state index contributed by atoms with van der Waals surface area (Å²) < 4.78 is 10.2. The van der Waals surface area contributed by atoms with E-state index in [2.05, 4.69) is 0 Å². The molecule has 0 aliphatic rings. The molecule has 0 aliphatic carbocycles. The van der Waals surface area contributed by atoms with Crippen LogP contribution in [-0.4, -0.2) is 24.9 Å². The van der Waals surface area contributed by atoms with E-state index in [-0.39, 0.29) is 28.3 Å². The van der Waals surface area contributed by atoms with Gasteiger partial charge in [-0.1, -0.05) is 30.3 Å². The molecule has 25 heavy (non-hydrogen) atoms. The summed E-state index contributed by atoms with van der Waals surface area (Å²) in [5.41, 5.74) is -0.130. The summed E-state index contributed by atoms with van der Waals surface area (Å²) >= 11 is 0. The number of Topliss-reactive ketones (excluding diaryl/α,β-unsaturated/α-hetero) is 1. The van der Waals surface area contributed by atoms with Gasteiger partial charge in [-0.25, -0.2) is 0 Å². The van der Waals surface area contributed by atoms with Crippen LogP contribution in [-0.2, 0) is 0 Å². The Labute approximate surface area is 143 Å². The first-order valence-electron chi connectivity index (χ1n) is 7.13. The van der Waals surface area contributed by atoms with Crippen LogP contribution in [0.5, 0.6) is 11.5 Å². The molecule has 0 N–H and O–H groups in total. The highest BCUT2D eigenvalue weighted by Gasteiger charge is 2.20. The average molecular weight is 338 g/mol. The van der Waals surface area contributed by atoms with E-state index in [1.165, 1.54) is 32.4 Å². The zero-order valence-electron chi connectivity index (χ0n) is 13.6. The lowest BCUT2D eigenvalue weighted by Gasteiger charge is -2.09. The summed E-state index contributed by atoms with van der Waals surface area (Å²) in [6.45, 7) is 0. The van der Waals surface area contributed by atoms with Gasteiger partial charge in [-0.05, 0) is 12.1 Å². The lowest BCUT2D eigenvalue weighted by Crippen LogP contribution is -2.02. The van der Waals surface area contributed by atoms with E-state index >= 15 is 0 Å². The van der Waals surface area contributed by atoms with Crippen LogP contribution in [0.4, 0.5) is 5.69 Å². The highest BCUT2D eigenvalue weighted by Crippen LogP contribution is 2.35. The van der Waals surface area contributed by atoms with Crippen molar-refractivity contribution in [1.29, 1.82) is 5.26 Å².